The molecule has 0 saturated carbocycles. The van der Waals surface area contributed by atoms with Crippen LogP contribution < -0.4 is 5.32 Å². The van der Waals surface area contributed by atoms with Gasteiger partial charge in [-0.1, -0.05) is 36.4 Å². The lowest BCUT2D eigenvalue weighted by atomic mass is 9.95. The Morgan fingerprint density at radius 1 is 1.14 bits per heavy atom. The van der Waals surface area contributed by atoms with Gasteiger partial charge >= 0.3 is 6.03 Å². The van der Waals surface area contributed by atoms with Crippen molar-refractivity contribution in [1.82, 2.24) is 14.8 Å². The van der Waals surface area contributed by atoms with Crippen LogP contribution in [0.1, 0.15) is 36.4 Å². The van der Waals surface area contributed by atoms with Gasteiger partial charge in [0.15, 0.2) is 0 Å². The predicted octanol–water partition coefficient (Wildman–Crippen LogP) is 5.06. The molecule has 150 valence electrons. The normalized spacial score (nSPS) is 16.9. The second kappa shape index (κ2) is 8.62. The lowest BCUT2D eigenvalue weighted by molar-refractivity contribution is 0.163. The Bertz CT molecular complexity index is 978. The number of nitrogens with zero attached hydrogens (tertiary/aromatic N) is 3. The van der Waals surface area contributed by atoms with Gasteiger partial charge in [-0.05, 0) is 56.6 Å². The Morgan fingerprint density at radius 3 is 2.76 bits per heavy atom. The van der Waals surface area contributed by atoms with Gasteiger partial charge in [0, 0.05) is 36.3 Å². The summed E-state index contributed by atoms with van der Waals surface area (Å²) in [6.07, 6.45) is 6.77. The third-order valence-electron chi connectivity index (χ3n) is 5.55. The van der Waals surface area contributed by atoms with Gasteiger partial charge in [-0.2, -0.15) is 0 Å². The molecule has 5 nitrogen and oxygen atoms in total. The average Bonchev–Trinajstić information content (AvgIpc) is 2.74. The van der Waals surface area contributed by atoms with Crippen molar-refractivity contribution in [1.29, 1.82) is 0 Å². The Balaban J connectivity index is 1.54. The first-order valence-electron chi connectivity index (χ1n) is 10.3. The fourth-order valence-corrected chi connectivity index (χ4v) is 4.15. The standard InChI is InChI=1S/C24H28N4O/c1-27(2)17-18-9-11-19(12-10-18)23-8-3-4-15-28(23)24(29)26-22-7-5-6-20-16-25-14-13-21(20)22/h5-7,9-14,16,23H,3-4,8,15,17H2,1-2H3,(H,26,29)/t23-/m1/s1. The summed E-state index contributed by atoms with van der Waals surface area (Å²) in [4.78, 5) is 21.5. The first-order chi connectivity index (χ1) is 14.1. The maximum absolute atomic E-state index is 13.2. The fourth-order valence-electron chi connectivity index (χ4n) is 4.15. The third-order valence-corrected chi connectivity index (χ3v) is 5.55. The van der Waals surface area contributed by atoms with Crippen LogP contribution in [0.3, 0.4) is 0 Å². The number of likely N-dealkylation sites (tertiary alicyclic amines) is 1. The van der Waals surface area contributed by atoms with E-state index in [1.54, 1.807) is 6.20 Å². The molecule has 2 amide bonds. The zero-order chi connectivity index (χ0) is 20.2. The first kappa shape index (κ1) is 19.4. The molecule has 2 heterocycles. The highest BCUT2D eigenvalue weighted by atomic mass is 16.2. The Kier molecular flexibility index (Phi) is 5.76. The number of urea groups is 1. The molecule has 0 unspecified atom stereocenters. The second-order valence-electron chi connectivity index (χ2n) is 8.02. The summed E-state index contributed by atoms with van der Waals surface area (Å²) in [6.45, 7) is 1.70. The number of pyridine rings is 1. The average molecular weight is 389 g/mol. The highest BCUT2D eigenvalue weighted by Crippen LogP contribution is 2.32. The maximum Gasteiger partial charge on any atom is 0.322 e. The zero-order valence-corrected chi connectivity index (χ0v) is 17.1. The molecule has 0 aliphatic carbocycles. The van der Waals surface area contributed by atoms with Crippen molar-refractivity contribution in [3.63, 3.8) is 0 Å². The molecule has 1 aromatic heterocycles. The van der Waals surface area contributed by atoms with E-state index in [2.05, 4.69) is 53.6 Å². The van der Waals surface area contributed by atoms with E-state index in [-0.39, 0.29) is 12.1 Å². The topological polar surface area (TPSA) is 48.5 Å². The molecule has 4 rings (SSSR count). The van der Waals surface area contributed by atoms with E-state index in [9.17, 15) is 4.79 Å². The van der Waals surface area contributed by atoms with Gasteiger partial charge in [-0.15, -0.1) is 0 Å². The molecule has 0 bridgehead atoms. The number of amides is 2. The van der Waals surface area contributed by atoms with Crippen molar-refractivity contribution in [3.8, 4) is 0 Å². The van der Waals surface area contributed by atoms with Crippen molar-refractivity contribution >= 4 is 22.5 Å². The number of aromatic nitrogens is 1. The molecule has 3 aromatic rings. The van der Waals surface area contributed by atoms with Gasteiger partial charge in [0.25, 0.3) is 0 Å². The van der Waals surface area contributed by atoms with Crippen molar-refractivity contribution in [2.24, 2.45) is 0 Å². The molecule has 1 N–H and O–H groups in total. The minimum Gasteiger partial charge on any atom is -0.317 e. The number of nitrogens with one attached hydrogen (secondary N) is 1. The summed E-state index contributed by atoms with van der Waals surface area (Å²) in [5.74, 6) is 0. The van der Waals surface area contributed by atoms with Crippen LogP contribution in [0.2, 0.25) is 0 Å². The number of carbonyl (C=O) groups is 1. The monoisotopic (exact) mass is 388 g/mol. The van der Waals surface area contributed by atoms with Gasteiger partial charge < -0.3 is 15.1 Å². The highest BCUT2D eigenvalue weighted by Gasteiger charge is 2.28. The predicted molar refractivity (Wildman–Crippen MR) is 118 cm³/mol. The maximum atomic E-state index is 13.2. The van der Waals surface area contributed by atoms with Crippen LogP contribution >= 0.6 is 0 Å². The number of benzene rings is 2. The molecule has 29 heavy (non-hydrogen) atoms. The van der Waals surface area contributed by atoms with E-state index in [0.29, 0.717) is 0 Å². The summed E-state index contributed by atoms with van der Waals surface area (Å²) in [5.41, 5.74) is 3.33. The van der Waals surface area contributed by atoms with E-state index in [0.717, 1.165) is 48.8 Å². The van der Waals surface area contributed by atoms with Crippen LogP contribution in [0.4, 0.5) is 10.5 Å². The lowest BCUT2D eigenvalue weighted by Crippen LogP contribution is -2.41. The third kappa shape index (κ3) is 4.40. The minimum atomic E-state index is -0.0311. The molecule has 0 spiro atoms. The smallest absolute Gasteiger partial charge is 0.317 e. The number of piperidine rings is 1. The molecule has 1 fully saturated rings. The number of rotatable bonds is 4. The summed E-state index contributed by atoms with van der Waals surface area (Å²) in [5, 5.41) is 5.18. The molecular formula is C24H28N4O. The highest BCUT2D eigenvalue weighted by molar-refractivity contribution is 6.01. The van der Waals surface area contributed by atoms with E-state index >= 15 is 0 Å². The van der Waals surface area contributed by atoms with Gasteiger partial charge in [-0.25, -0.2) is 4.79 Å². The number of carbonyl (C=O) groups excluding carboxylic acids is 1. The van der Waals surface area contributed by atoms with Crippen LogP contribution in [0, 0.1) is 0 Å². The van der Waals surface area contributed by atoms with E-state index in [1.165, 1.54) is 11.1 Å². The number of hydrogen-bond donors (Lipinski definition) is 1. The molecular weight excluding hydrogens is 360 g/mol. The molecule has 1 atom stereocenters. The summed E-state index contributed by atoms with van der Waals surface area (Å²) >= 11 is 0. The summed E-state index contributed by atoms with van der Waals surface area (Å²) in [7, 11) is 4.15. The van der Waals surface area contributed by atoms with Crippen LogP contribution in [0.25, 0.3) is 10.8 Å². The molecule has 1 saturated heterocycles. The molecule has 2 aromatic carbocycles. The molecule has 5 heteroatoms. The number of fused-ring (bicyclic) bond motifs is 1. The van der Waals surface area contributed by atoms with Gasteiger partial charge in [0.2, 0.25) is 0 Å². The summed E-state index contributed by atoms with van der Waals surface area (Å²) < 4.78 is 0. The Labute approximate surface area is 172 Å². The Morgan fingerprint density at radius 2 is 1.97 bits per heavy atom. The fraction of sp³-hybridized carbons (Fsp3) is 0.333. The van der Waals surface area contributed by atoms with Crippen molar-refractivity contribution in [2.45, 2.75) is 31.8 Å². The van der Waals surface area contributed by atoms with Crippen LogP contribution in [0.5, 0.6) is 0 Å². The largest absolute Gasteiger partial charge is 0.322 e. The molecule has 1 aliphatic rings. The van der Waals surface area contributed by atoms with Crippen molar-refractivity contribution in [3.05, 3.63) is 72.1 Å². The summed E-state index contributed by atoms with van der Waals surface area (Å²) in [6, 6.07) is 16.7. The first-order valence-corrected chi connectivity index (χ1v) is 10.3. The van der Waals surface area contributed by atoms with Crippen LogP contribution in [-0.2, 0) is 6.54 Å². The van der Waals surface area contributed by atoms with Crippen molar-refractivity contribution in [2.75, 3.05) is 26.0 Å². The number of hydrogen-bond acceptors (Lipinski definition) is 3. The van der Waals surface area contributed by atoms with Crippen molar-refractivity contribution < 1.29 is 4.79 Å². The second-order valence-corrected chi connectivity index (χ2v) is 8.02. The van der Waals surface area contributed by atoms with Gasteiger partial charge in [0.05, 0.1) is 11.7 Å². The van der Waals surface area contributed by atoms with E-state index in [4.69, 9.17) is 0 Å². The quantitative estimate of drug-likeness (QED) is 0.680. The zero-order valence-electron chi connectivity index (χ0n) is 17.1. The number of anilines is 1. The lowest BCUT2D eigenvalue weighted by Gasteiger charge is -2.36. The van der Waals surface area contributed by atoms with E-state index < -0.39 is 0 Å². The SMILES string of the molecule is CN(C)Cc1ccc([C@H]2CCCCN2C(=O)Nc2cccc3cnccc23)cc1. The van der Waals surface area contributed by atoms with Crippen LogP contribution in [0.15, 0.2) is 60.9 Å². The minimum absolute atomic E-state index is 0.0311. The molecule has 1 aliphatic heterocycles. The van der Waals surface area contributed by atoms with E-state index in [1.807, 2.05) is 35.4 Å². The Hall–Kier alpha value is -2.92. The van der Waals surface area contributed by atoms with Gasteiger partial charge in [0.1, 0.15) is 0 Å². The van der Waals surface area contributed by atoms with Gasteiger partial charge in [-0.3, -0.25) is 4.98 Å². The van der Waals surface area contributed by atoms with Crippen LogP contribution in [-0.4, -0.2) is 41.5 Å². The molecule has 0 radical (unpaired) electrons.